The van der Waals surface area contributed by atoms with Gasteiger partial charge in [-0.15, -0.1) is 0 Å². The number of rotatable bonds is 4. The molecule has 0 unspecified atom stereocenters. The number of hydrogen-bond donors (Lipinski definition) is 1. The summed E-state index contributed by atoms with van der Waals surface area (Å²) in [6, 6.07) is 12.3. The van der Waals surface area contributed by atoms with Crippen LogP contribution in [0, 0.1) is 6.92 Å². The second kappa shape index (κ2) is 6.32. The standard InChI is InChI=1S/C20H18O4/c1-3-4-16(21)19-17(22)10-9-14-15(11-18(23)24-20(14)19)13-7-5-12(2)6-8-13/h5-11,22H,3-4H2,1-2H3. The number of phenols is 1. The SMILES string of the molecule is CCCC(=O)c1c(O)ccc2c(-c3ccc(C)cc3)cc(=O)oc12. The monoisotopic (exact) mass is 322 g/mol. The van der Waals surface area contributed by atoms with Gasteiger partial charge in [0.05, 0.1) is 0 Å². The molecule has 24 heavy (non-hydrogen) atoms. The average Bonchev–Trinajstić information content (AvgIpc) is 2.54. The van der Waals surface area contributed by atoms with Gasteiger partial charge in [-0.25, -0.2) is 4.79 Å². The molecule has 0 fully saturated rings. The van der Waals surface area contributed by atoms with Gasteiger partial charge in [-0.05, 0) is 36.6 Å². The molecule has 0 amide bonds. The summed E-state index contributed by atoms with van der Waals surface area (Å²) in [5.41, 5.74) is 2.35. The Labute approximate surface area is 139 Å². The van der Waals surface area contributed by atoms with Crippen LogP contribution in [0.1, 0.15) is 35.7 Å². The van der Waals surface area contributed by atoms with Crippen molar-refractivity contribution in [1.82, 2.24) is 0 Å². The molecule has 0 radical (unpaired) electrons. The van der Waals surface area contributed by atoms with E-state index in [1.807, 2.05) is 38.1 Å². The fraction of sp³-hybridized carbons (Fsp3) is 0.200. The molecule has 0 bridgehead atoms. The van der Waals surface area contributed by atoms with Crippen molar-refractivity contribution < 1.29 is 14.3 Å². The number of carbonyl (C=O) groups is 1. The molecular formula is C20H18O4. The highest BCUT2D eigenvalue weighted by molar-refractivity contribution is 6.10. The second-order valence-corrected chi connectivity index (χ2v) is 5.85. The molecule has 1 N–H and O–H groups in total. The van der Waals surface area contributed by atoms with Crippen LogP contribution < -0.4 is 5.63 Å². The number of aryl methyl sites for hydroxylation is 1. The van der Waals surface area contributed by atoms with Crippen molar-refractivity contribution in [1.29, 1.82) is 0 Å². The van der Waals surface area contributed by atoms with E-state index in [-0.39, 0.29) is 29.1 Å². The van der Waals surface area contributed by atoms with Gasteiger partial charge in [0.25, 0.3) is 0 Å². The van der Waals surface area contributed by atoms with Crippen LogP contribution in [0.25, 0.3) is 22.1 Å². The zero-order valence-electron chi connectivity index (χ0n) is 13.6. The molecule has 0 aliphatic heterocycles. The third kappa shape index (κ3) is 2.83. The van der Waals surface area contributed by atoms with Crippen LogP contribution in [-0.2, 0) is 0 Å². The van der Waals surface area contributed by atoms with E-state index in [0.29, 0.717) is 17.4 Å². The fourth-order valence-electron chi connectivity index (χ4n) is 2.81. The molecule has 0 saturated heterocycles. The quantitative estimate of drug-likeness (QED) is 0.569. The van der Waals surface area contributed by atoms with Crippen LogP contribution in [0.4, 0.5) is 0 Å². The Balaban J connectivity index is 2.33. The summed E-state index contributed by atoms with van der Waals surface area (Å²) in [5, 5.41) is 10.7. The van der Waals surface area contributed by atoms with Crippen LogP contribution in [0.5, 0.6) is 5.75 Å². The topological polar surface area (TPSA) is 67.5 Å². The Morgan fingerprint density at radius 1 is 1.12 bits per heavy atom. The molecule has 3 rings (SSSR count). The Bertz CT molecular complexity index is 965. The predicted molar refractivity (Wildman–Crippen MR) is 93.6 cm³/mol. The zero-order valence-corrected chi connectivity index (χ0v) is 13.6. The van der Waals surface area contributed by atoms with Crippen molar-refractivity contribution in [2.24, 2.45) is 0 Å². The Morgan fingerprint density at radius 2 is 1.83 bits per heavy atom. The van der Waals surface area contributed by atoms with Gasteiger partial charge in [0.1, 0.15) is 11.3 Å². The van der Waals surface area contributed by atoms with Gasteiger partial charge in [-0.2, -0.15) is 0 Å². The number of aromatic hydroxyl groups is 1. The summed E-state index contributed by atoms with van der Waals surface area (Å²) in [6.45, 7) is 3.87. The summed E-state index contributed by atoms with van der Waals surface area (Å²) in [6.07, 6.45) is 0.932. The first kappa shape index (κ1) is 16.0. The van der Waals surface area contributed by atoms with Gasteiger partial charge in [-0.3, -0.25) is 4.79 Å². The van der Waals surface area contributed by atoms with Crippen LogP contribution >= 0.6 is 0 Å². The summed E-state index contributed by atoms with van der Waals surface area (Å²) in [7, 11) is 0. The molecule has 122 valence electrons. The van der Waals surface area contributed by atoms with Crippen LogP contribution in [0.15, 0.2) is 51.7 Å². The second-order valence-electron chi connectivity index (χ2n) is 5.85. The van der Waals surface area contributed by atoms with Crippen molar-refractivity contribution in [3.63, 3.8) is 0 Å². The van der Waals surface area contributed by atoms with Crippen molar-refractivity contribution in [2.45, 2.75) is 26.7 Å². The first-order valence-electron chi connectivity index (χ1n) is 7.91. The molecule has 4 heteroatoms. The van der Waals surface area contributed by atoms with E-state index < -0.39 is 5.63 Å². The number of phenolic OH excluding ortho intramolecular Hbond substituents is 1. The minimum atomic E-state index is -0.547. The number of benzene rings is 2. The smallest absolute Gasteiger partial charge is 0.336 e. The lowest BCUT2D eigenvalue weighted by Crippen LogP contribution is -2.05. The number of Topliss-reactive ketones (excluding diaryl/α,β-unsaturated/α-hetero) is 1. The maximum absolute atomic E-state index is 12.4. The van der Waals surface area contributed by atoms with E-state index in [2.05, 4.69) is 0 Å². The first-order valence-corrected chi connectivity index (χ1v) is 7.91. The maximum Gasteiger partial charge on any atom is 0.336 e. The summed E-state index contributed by atoms with van der Waals surface area (Å²) < 4.78 is 5.29. The van der Waals surface area contributed by atoms with Crippen molar-refractivity contribution >= 4 is 16.8 Å². The van der Waals surface area contributed by atoms with Crippen molar-refractivity contribution in [3.8, 4) is 16.9 Å². The molecule has 0 spiro atoms. The van der Waals surface area contributed by atoms with Gasteiger partial charge in [0.15, 0.2) is 11.4 Å². The van der Waals surface area contributed by atoms with E-state index in [0.717, 1.165) is 11.1 Å². The zero-order chi connectivity index (χ0) is 17.3. The summed E-state index contributed by atoms with van der Waals surface area (Å²) in [5.74, 6) is -0.394. The van der Waals surface area contributed by atoms with Gasteiger partial charge >= 0.3 is 5.63 Å². The maximum atomic E-state index is 12.4. The molecule has 0 aliphatic carbocycles. The highest BCUT2D eigenvalue weighted by atomic mass is 16.4. The fourth-order valence-corrected chi connectivity index (χ4v) is 2.81. The third-order valence-corrected chi connectivity index (χ3v) is 4.01. The van der Waals surface area contributed by atoms with E-state index in [1.54, 1.807) is 6.07 Å². The Morgan fingerprint density at radius 3 is 2.50 bits per heavy atom. The summed E-state index contributed by atoms with van der Waals surface area (Å²) >= 11 is 0. The van der Waals surface area contributed by atoms with Crippen LogP contribution in [0.2, 0.25) is 0 Å². The average molecular weight is 322 g/mol. The Kier molecular flexibility index (Phi) is 4.21. The van der Waals surface area contributed by atoms with Crippen molar-refractivity contribution in [2.75, 3.05) is 0 Å². The molecule has 1 aromatic heterocycles. The van der Waals surface area contributed by atoms with Crippen LogP contribution in [0.3, 0.4) is 0 Å². The van der Waals surface area contributed by atoms with Gasteiger partial charge in [0, 0.05) is 17.9 Å². The number of hydrogen-bond acceptors (Lipinski definition) is 4. The lowest BCUT2D eigenvalue weighted by molar-refractivity contribution is 0.0979. The van der Waals surface area contributed by atoms with E-state index in [1.165, 1.54) is 12.1 Å². The van der Waals surface area contributed by atoms with Gasteiger partial charge < -0.3 is 9.52 Å². The highest BCUT2D eigenvalue weighted by Gasteiger charge is 2.19. The minimum Gasteiger partial charge on any atom is -0.507 e. The lowest BCUT2D eigenvalue weighted by atomic mass is 9.97. The highest BCUT2D eigenvalue weighted by Crippen LogP contribution is 2.34. The van der Waals surface area contributed by atoms with Crippen LogP contribution in [-0.4, -0.2) is 10.9 Å². The van der Waals surface area contributed by atoms with E-state index in [9.17, 15) is 14.7 Å². The van der Waals surface area contributed by atoms with Gasteiger partial charge in [0.2, 0.25) is 0 Å². The molecule has 0 saturated carbocycles. The minimum absolute atomic E-state index is 0.0837. The number of fused-ring (bicyclic) bond motifs is 1. The largest absolute Gasteiger partial charge is 0.507 e. The number of carbonyl (C=O) groups excluding carboxylic acids is 1. The van der Waals surface area contributed by atoms with E-state index in [4.69, 9.17) is 4.42 Å². The first-order chi connectivity index (χ1) is 11.5. The molecule has 3 aromatic rings. The molecular weight excluding hydrogens is 304 g/mol. The van der Waals surface area contributed by atoms with E-state index >= 15 is 0 Å². The molecule has 0 aliphatic rings. The lowest BCUT2D eigenvalue weighted by Gasteiger charge is -2.10. The molecule has 4 nitrogen and oxygen atoms in total. The predicted octanol–water partition coefficient (Wildman–Crippen LogP) is 4.46. The molecule has 1 heterocycles. The van der Waals surface area contributed by atoms with Gasteiger partial charge in [-0.1, -0.05) is 36.8 Å². The third-order valence-electron chi connectivity index (χ3n) is 4.01. The molecule has 2 aromatic carbocycles. The summed E-state index contributed by atoms with van der Waals surface area (Å²) in [4.78, 5) is 24.4. The Hall–Kier alpha value is -2.88. The van der Waals surface area contributed by atoms with Crippen molar-refractivity contribution in [3.05, 3.63) is 64.0 Å². The molecule has 0 atom stereocenters. The normalized spacial score (nSPS) is 10.9. The number of ketones is 1.